The van der Waals surface area contributed by atoms with Crippen LogP contribution >= 0.6 is 11.6 Å². The Bertz CT molecular complexity index is 941. The summed E-state index contributed by atoms with van der Waals surface area (Å²) in [4.78, 5) is 24.6. The Morgan fingerprint density at radius 1 is 1.04 bits per heavy atom. The molecule has 0 aliphatic rings. The van der Waals surface area contributed by atoms with Crippen molar-refractivity contribution in [2.24, 2.45) is 0 Å². The highest BCUT2D eigenvalue weighted by molar-refractivity contribution is 7.92. The zero-order chi connectivity index (χ0) is 19.5. The summed E-state index contributed by atoms with van der Waals surface area (Å²) in [5, 5.41) is 2.85. The molecule has 138 valence electrons. The van der Waals surface area contributed by atoms with Crippen LogP contribution < -0.4 is 10.0 Å². The van der Waals surface area contributed by atoms with Crippen LogP contribution in [0.2, 0.25) is 5.02 Å². The Labute approximate surface area is 157 Å². The number of hydrogen-bond donors (Lipinski definition) is 2. The number of benzene rings is 2. The van der Waals surface area contributed by atoms with Gasteiger partial charge in [0.25, 0.3) is 15.9 Å². The number of nitrogens with zero attached hydrogens (tertiary/aromatic N) is 1. The molecule has 26 heavy (non-hydrogen) atoms. The third-order valence-corrected chi connectivity index (χ3v) is 4.96. The molecule has 0 fully saturated rings. The zero-order valence-electron chi connectivity index (χ0n) is 14.4. The second kappa shape index (κ2) is 7.76. The average molecular weight is 396 g/mol. The van der Waals surface area contributed by atoms with Crippen LogP contribution in [0.4, 0.5) is 11.4 Å². The van der Waals surface area contributed by atoms with Crippen molar-refractivity contribution in [3.8, 4) is 0 Å². The molecule has 7 nitrogen and oxygen atoms in total. The summed E-state index contributed by atoms with van der Waals surface area (Å²) in [5.41, 5.74) is 0.739. The van der Waals surface area contributed by atoms with Gasteiger partial charge in [0.1, 0.15) is 0 Å². The van der Waals surface area contributed by atoms with Gasteiger partial charge in [-0.15, -0.1) is 0 Å². The summed E-state index contributed by atoms with van der Waals surface area (Å²) in [6, 6.07) is 10.00. The first-order chi connectivity index (χ1) is 12.1. The van der Waals surface area contributed by atoms with E-state index in [2.05, 4.69) is 10.0 Å². The SMILES string of the molecule is CC(=O)Nc1ccc(S(=O)(=O)Nc2cc(Cl)ccc2C(=O)N(C)C)cc1. The lowest BCUT2D eigenvalue weighted by Crippen LogP contribution is -2.24. The van der Waals surface area contributed by atoms with E-state index < -0.39 is 10.0 Å². The summed E-state index contributed by atoms with van der Waals surface area (Å²) in [5.74, 6) is -0.620. The lowest BCUT2D eigenvalue weighted by molar-refractivity contribution is -0.114. The maximum Gasteiger partial charge on any atom is 0.261 e. The van der Waals surface area contributed by atoms with E-state index in [0.29, 0.717) is 10.7 Å². The molecule has 0 bridgehead atoms. The van der Waals surface area contributed by atoms with Gasteiger partial charge in [-0.1, -0.05) is 11.6 Å². The number of carbonyl (C=O) groups is 2. The molecule has 2 aromatic carbocycles. The molecule has 9 heteroatoms. The van der Waals surface area contributed by atoms with Gasteiger partial charge in [-0.2, -0.15) is 0 Å². The predicted molar refractivity (Wildman–Crippen MR) is 101 cm³/mol. The van der Waals surface area contributed by atoms with Crippen molar-refractivity contribution < 1.29 is 18.0 Å². The van der Waals surface area contributed by atoms with E-state index in [-0.39, 0.29) is 28.0 Å². The first kappa shape index (κ1) is 19.7. The lowest BCUT2D eigenvalue weighted by atomic mass is 10.1. The maximum atomic E-state index is 12.6. The topological polar surface area (TPSA) is 95.6 Å². The highest BCUT2D eigenvalue weighted by Crippen LogP contribution is 2.25. The molecule has 0 saturated heterocycles. The molecular formula is C17H18ClN3O4S. The van der Waals surface area contributed by atoms with Gasteiger partial charge >= 0.3 is 0 Å². The molecule has 0 aliphatic heterocycles. The van der Waals surface area contributed by atoms with Gasteiger partial charge < -0.3 is 10.2 Å². The fourth-order valence-corrected chi connectivity index (χ4v) is 3.40. The Morgan fingerprint density at radius 3 is 2.19 bits per heavy atom. The van der Waals surface area contributed by atoms with Gasteiger partial charge in [0, 0.05) is 31.7 Å². The molecule has 2 rings (SSSR count). The fourth-order valence-electron chi connectivity index (χ4n) is 2.15. The van der Waals surface area contributed by atoms with Crippen LogP contribution in [-0.2, 0) is 14.8 Å². The van der Waals surface area contributed by atoms with E-state index in [1.165, 1.54) is 54.3 Å². The summed E-state index contributed by atoms with van der Waals surface area (Å²) in [6.07, 6.45) is 0. The molecule has 0 heterocycles. The van der Waals surface area contributed by atoms with Crippen molar-refractivity contribution in [3.05, 3.63) is 53.1 Å². The molecule has 2 aromatic rings. The molecule has 2 amide bonds. The van der Waals surface area contributed by atoms with Crippen LogP contribution in [-0.4, -0.2) is 39.2 Å². The third-order valence-electron chi connectivity index (χ3n) is 3.35. The van der Waals surface area contributed by atoms with Crippen molar-refractivity contribution in [3.63, 3.8) is 0 Å². The molecule has 0 aliphatic carbocycles. The Kier molecular flexibility index (Phi) is 5.89. The Morgan fingerprint density at radius 2 is 1.65 bits per heavy atom. The third kappa shape index (κ3) is 4.74. The van der Waals surface area contributed by atoms with Crippen LogP contribution in [0.3, 0.4) is 0 Å². The zero-order valence-corrected chi connectivity index (χ0v) is 16.0. The lowest BCUT2D eigenvalue weighted by Gasteiger charge is -2.16. The van der Waals surface area contributed by atoms with E-state index in [1.807, 2.05) is 0 Å². The number of hydrogen-bond acceptors (Lipinski definition) is 4. The average Bonchev–Trinajstić information content (AvgIpc) is 2.54. The molecule has 0 spiro atoms. The molecule has 0 atom stereocenters. The van der Waals surface area contributed by atoms with Crippen molar-refractivity contribution in [2.45, 2.75) is 11.8 Å². The summed E-state index contributed by atoms with van der Waals surface area (Å²) >= 11 is 5.95. The Hall–Kier alpha value is -2.58. The van der Waals surface area contributed by atoms with E-state index in [4.69, 9.17) is 11.6 Å². The van der Waals surface area contributed by atoms with Crippen LogP contribution in [0.25, 0.3) is 0 Å². The van der Waals surface area contributed by atoms with E-state index in [1.54, 1.807) is 14.1 Å². The van der Waals surface area contributed by atoms with Gasteiger partial charge in [0.2, 0.25) is 5.91 Å². The molecule has 0 saturated carbocycles. The summed E-state index contributed by atoms with van der Waals surface area (Å²) in [7, 11) is -0.818. The van der Waals surface area contributed by atoms with E-state index >= 15 is 0 Å². The number of amides is 2. The summed E-state index contributed by atoms with van der Waals surface area (Å²) < 4.78 is 27.6. The minimum atomic E-state index is -3.95. The van der Waals surface area contributed by atoms with Gasteiger partial charge in [0.15, 0.2) is 0 Å². The van der Waals surface area contributed by atoms with Crippen LogP contribution in [0.5, 0.6) is 0 Å². The standard InChI is InChI=1S/C17H18ClN3O4S/c1-11(22)19-13-5-7-14(8-6-13)26(24,25)20-16-10-12(18)4-9-15(16)17(23)21(2)3/h4-10,20H,1-3H3,(H,19,22). The molecule has 0 radical (unpaired) electrons. The van der Waals surface area contributed by atoms with Crippen molar-refractivity contribution in [1.82, 2.24) is 4.90 Å². The van der Waals surface area contributed by atoms with Gasteiger partial charge in [-0.25, -0.2) is 8.42 Å². The smallest absolute Gasteiger partial charge is 0.261 e. The molecule has 0 unspecified atom stereocenters. The van der Waals surface area contributed by atoms with Gasteiger partial charge in [0.05, 0.1) is 16.1 Å². The van der Waals surface area contributed by atoms with E-state index in [0.717, 1.165) is 0 Å². The number of nitrogens with one attached hydrogen (secondary N) is 2. The largest absolute Gasteiger partial charge is 0.345 e. The maximum absolute atomic E-state index is 12.6. The number of rotatable bonds is 5. The fraction of sp³-hybridized carbons (Fsp3) is 0.176. The highest BCUT2D eigenvalue weighted by atomic mass is 35.5. The van der Waals surface area contributed by atoms with Gasteiger partial charge in [-0.3, -0.25) is 14.3 Å². The van der Waals surface area contributed by atoms with Crippen molar-refractivity contribution >= 4 is 44.8 Å². The number of carbonyl (C=O) groups excluding carboxylic acids is 2. The predicted octanol–water partition coefficient (Wildman–Crippen LogP) is 2.80. The molecule has 0 aromatic heterocycles. The van der Waals surface area contributed by atoms with Crippen LogP contribution in [0, 0.1) is 0 Å². The summed E-state index contributed by atoms with van der Waals surface area (Å²) in [6.45, 7) is 1.36. The normalized spacial score (nSPS) is 10.9. The first-order valence-electron chi connectivity index (χ1n) is 7.52. The first-order valence-corrected chi connectivity index (χ1v) is 9.38. The number of halogens is 1. The van der Waals surface area contributed by atoms with Gasteiger partial charge in [-0.05, 0) is 42.5 Å². The van der Waals surface area contributed by atoms with Crippen LogP contribution in [0.1, 0.15) is 17.3 Å². The highest BCUT2D eigenvalue weighted by Gasteiger charge is 2.20. The Balaban J connectivity index is 2.36. The molecular weight excluding hydrogens is 378 g/mol. The van der Waals surface area contributed by atoms with Crippen molar-refractivity contribution in [2.75, 3.05) is 24.1 Å². The number of anilines is 2. The minimum Gasteiger partial charge on any atom is -0.345 e. The number of sulfonamides is 1. The second-order valence-electron chi connectivity index (χ2n) is 5.70. The minimum absolute atomic E-state index is 0.0187. The monoisotopic (exact) mass is 395 g/mol. The molecule has 2 N–H and O–H groups in total. The van der Waals surface area contributed by atoms with E-state index in [9.17, 15) is 18.0 Å². The second-order valence-corrected chi connectivity index (χ2v) is 7.82. The van der Waals surface area contributed by atoms with Crippen LogP contribution in [0.15, 0.2) is 47.4 Å². The van der Waals surface area contributed by atoms with Crippen molar-refractivity contribution in [1.29, 1.82) is 0 Å². The quantitative estimate of drug-likeness (QED) is 0.813.